The molecule has 3 rings (SSSR count). The van der Waals surface area contributed by atoms with Gasteiger partial charge in [-0.15, -0.1) is 0 Å². The molecular formula is C30H40N4O6. The summed E-state index contributed by atoms with van der Waals surface area (Å²) in [6, 6.07) is 11.7. The third kappa shape index (κ3) is 8.46. The fourth-order valence-electron chi connectivity index (χ4n) is 4.51. The van der Waals surface area contributed by atoms with Crippen LogP contribution in [-0.4, -0.2) is 51.5 Å². The summed E-state index contributed by atoms with van der Waals surface area (Å²) in [6.45, 7) is 9.04. The number of phenols is 1. The zero-order valence-corrected chi connectivity index (χ0v) is 23.8. The van der Waals surface area contributed by atoms with Gasteiger partial charge in [-0.1, -0.05) is 43.3 Å². The molecule has 0 aliphatic heterocycles. The van der Waals surface area contributed by atoms with Gasteiger partial charge in [0, 0.05) is 19.0 Å². The maximum atomic E-state index is 14.2. The molecule has 0 saturated heterocycles. The molecule has 1 saturated carbocycles. The lowest BCUT2D eigenvalue weighted by Crippen LogP contribution is -2.54. The van der Waals surface area contributed by atoms with E-state index in [1.807, 2.05) is 37.3 Å². The largest absolute Gasteiger partial charge is 0.508 e. The van der Waals surface area contributed by atoms with Gasteiger partial charge >= 0.3 is 6.09 Å². The van der Waals surface area contributed by atoms with Crippen LogP contribution in [-0.2, 0) is 25.7 Å². The molecule has 1 aliphatic carbocycles. The Morgan fingerprint density at radius 3 is 2.33 bits per heavy atom. The Labute approximate surface area is 235 Å². The first-order chi connectivity index (χ1) is 18.8. The number of primary amides is 1. The molecule has 10 nitrogen and oxygen atoms in total. The summed E-state index contributed by atoms with van der Waals surface area (Å²) in [7, 11) is 0. The van der Waals surface area contributed by atoms with E-state index in [1.54, 1.807) is 39.8 Å². The average Bonchev–Trinajstić information content (AvgIpc) is 3.60. The van der Waals surface area contributed by atoms with Crippen molar-refractivity contribution in [3.63, 3.8) is 0 Å². The number of phenolic OH excluding ortho intramolecular Hbond substituents is 1. The van der Waals surface area contributed by atoms with Gasteiger partial charge in [0.05, 0.1) is 0 Å². The predicted molar refractivity (Wildman–Crippen MR) is 150 cm³/mol. The van der Waals surface area contributed by atoms with Gasteiger partial charge in [0.25, 0.3) is 0 Å². The number of alkyl carbamates (subject to hydrolysis) is 1. The van der Waals surface area contributed by atoms with E-state index < -0.39 is 41.5 Å². The summed E-state index contributed by atoms with van der Waals surface area (Å²) < 4.78 is 5.37. The van der Waals surface area contributed by atoms with E-state index in [1.165, 1.54) is 11.0 Å². The van der Waals surface area contributed by atoms with Crippen LogP contribution in [0, 0.1) is 12.8 Å². The molecule has 40 heavy (non-hydrogen) atoms. The predicted octanol–water partition coefficient (Wildman–Crippen LogP) is 3.45. The van der Waals surface area contributed by atoms with Crippen LogP contribution in [0.5, 0.6) is 5.75 Å². The van der Waals surface area contributed by atoms with E-state index in [0.717, 1.165) is 5.56 Å². The second kappa shape index (κ2) is 12.8. The van der Waals surface area contributed by atoms with Crippen molar-refractivity contribution in [1.82, 2.24) is 15.5 Å². The van der Waals surface area contributed by atoms with Gasteiger partial charge in [-0.05, 0) is 75.3 Å². The number of carbonyl (C=O) groups is 4. The summed E-state index contributed by atoms with van der Waals surface area (Å²) in [5.41, 5.74) is 6.51. The Morgan fingerprint density at radius 2 is 1.77 bits per heavy atom. The molecule has 4 amide bonds. The summed E-state index contributed by atoms with van der Waals surface area (Å²) in [5, 5.41) is 15.7. The molecule has 0 bridgehead atoms. The minimum Gasteiger partial charge on any atom is -0.508 e. The number of hydrogen-bond donors (Lipinski definition) is 4. The lowest BCUT2D eigenvalue weighted by atomic mass is 9.99. The van der Waals surface area contributed by atoms with Crippen LogP contribution in [0.2, 0.25) is 0 Å². The Kier molecular flexibility index (Phi) is 9.78. The molecular weight excluding hydrogens is 512 g/mol. The van der Waals surface area contributed by atoms with Gasteiger partial charge in [-0.25, -0.2) is 4.79 Å². The summed E-state index contributed by atoms with van der Waals surface area (Å²) in [6.07, 6.45) is -0.355. The highest BCUT2D eigenvalue weighted by atomic mass is 16.6. The van der Waals surface area contributed by atoms with Crippen molar-refractivity contribution in [3.05, 3.63) is 65.2 Å². The zero-order valence-electron chi connectivity index (χ0n) is 23.8. The van der Waals surface area contributed by atoms with Crippen molar-refractivity contribution in [2.24, 2.45) is 11.7 Å². The first kappa shape index (κ1) is 30.5. The standard InChI is InChI=1S/C30H40N4O6/c1-18-16-23(18)34(28(38)22(12-14-25(31)36)33-29(39)40-30(3,4)5)26(21-11-13-24(35)19(2)15-21)27(37)32-17-20-9-7-6-8-10-20/h6-11,13,15,18,22-23,26,35H,12,14,16-17H2,1-5H3,(H2,31,36)(H,32,37)(H,33,39). The van der Waals surface area contributed by atoms with Crippen LogP contribution in [0.1, 0.15) is 69.7 Å². The van der Waals surface area contributed by atoms with Crippen molar-refractivity contribution in [2.75, 3.05) is 0 Å². The quantitative estimate of drug-likeness (QED) is 0.335. The maximum Gasteiger partial charge on any atom is 0.408 e. The van der Waals surface area contributed by atoms with Crippen molar-refractivity contribution < 1.29 is 29.0 Å². The first-order valence-corrected chi connectivity index (χ1v) is 13.5. The molecule has 0 heterocycles. The number of rotatable bonds is 11. The van der Waals surface area contributed by atoms with E-state index in [-0.39, 0.29) is 37.1 Å². The molecule has 5 N–H and O–H groups in total. The Hall–Kier alpha value is -4.08. The van der Waals surface area contributed by atoms with Crippen molar-refractivity contribution in [3.8, 4) is 5.75 Å². The smallest absolute Gasteiger partial charge is 0.408 e. The summed E-state index contributed by atoms with van der Waals surface area (Å²) >= 11 is 0. The molecule has 0 spiro atoms. The molecule has 4 atom stereocenters. The second-order valence-corrected chi connectivity index (χ2v) is 11.4. The van der Waals surface area contributed by atoms with Crippen LogP contribution < -0.4 is 16.4 Å². The lowest BCUT2D eigenvalue weighted by Gasteiger charge is -2.35. The molecule has 216 valence electrons. The van der Waals surface area contributed by atoms with Crippen molar-refractivity contribution >= 4 is 23.8 Å². The number of hydrogen-bond acceptors (Lipinski definition) is 6. The second-order valence-electron chi connectivity index (χ2n) is 11.4. The van der Waals surface area contributed by atoms with Gasteiger partial charge in [0.1, 0.15) is 23.4 Å². The van der Waals surface area contributed by atoms with Gasteiger partial charge in [0.15, 0.2) is 0 Å². The molecule has 4 unspecified atom stereocenters. The number of nitrogens with zero attached hydrogens (tertiary/aromatic N) is 1. The molecule has 0 aromatic heterocycles. The number of ether oxygens (including phenoxy) is 1. The number of amides is 4. The van der Waals surface area contributed by atoms with Gasteiger partial charge in [0.2, 0.25) is 17.7 Å². The van der Waals surface area contributed by atoms with Gasteiger partial charge in [-0.2, -0.15) is 0 Å². The minimum absolute atomic E-state index is 0.0576. The third-order valence-electron chi connectivity index (χ3n) is 6.72. The van der Waals surface area contributed by atoms with Crippen LogP contribution in [0.4, 0.5) is 4.79 Å². The first-order valence-electron chi connectivity index (χ1n) is 13.5. The highest BCUT2D eigenvalue weighted by molar-refractivity contribution is 5.93. The topological polar surface area (TPSA) is 151 Å². The van der Waals surface area contributed by atoms with E-state index in [9.17, 15) is 24.3 Å². The van der Waals surface area contributed by atoms with Crippen molar-refractivity contribution in [2.45, 2.75) is 84.2 Å². The van der Waals surface area contributed by atoms with E-state index >= 15 is 0 Å². The Bertz CT molecular complexity index is 1230. The summed E-state index contributed by atoms with van der Waals surface area (Å²) in [4.78, 5) is 53.9. The number of aromatic hydroxyl groups is 1. The highest BCUT2D eigenvalue weighted by Gasteiger charge is 2.48. The number of benzene rings is 2. The maximum absolute atomic E-state index is 14.2. The highest BCUT2D eigenvalue weighted by Crippen LogP contribution is 2.41. The zero-order chi connectivity index (χ0) is 29.6. The van der Waals surface area contributed by atoms with E-state index in [2.05, 4.69) is 10.6 Å². The fourth-order valence-corrected chi connectivity index (χ4v) is 4.51. The molecule has 2 aromatic rings. The molecule has 10 heteroatoms. The molecule has 1 fully saturated rings. The molecule has 0 radical (unpaired) electrons. The van der Waals surface area contributed by atoms with Crippen LogP contribution in [0.15, 0.2) is 48.5 Å². The minimum atomic E-state index is -1.15. The van der Waals surface area contributed by atoms with Crippen molar-refractivity contribution in [1.29, 1.82) is 0 Å². The van der Waals surface area contributed by atoms with Crippen LogP contribution in [0.25, 0.3) is 0 Å². The van der Waals surface area contributed by atoms with E-state index in [4.69, 9.17) is 10.5 Å². The molecule has 2 aromatic carbocycles. The SMILES string of the molecule is Cc1cc(C(C(=O)NCc2ccccc2)N(C(=O)C(CCC(N)=O)NC(=O)OC(C)(C)C)C2CC2C)ccc1O. The number of nitrogens with two attached hydrogens (primary N) is 1. The Balaban J connectivity index is 2.00. The van der Waals surface area contributed by atoms with Gasteiger partial charge in [-0.3, -0.25) is 14.4 Å². The van der Waals surface area contributed by atoms with Gasteiger partial charge < -0.3 is 31.1 Å². The lowest BCUT2D eigenvalue weighted by molar-refractivity contribution is -0.143. The third-order valence-corrected chi connectivity index (χ3v) is 6.72. The van der Waals surface area contributed by atoms with Crippen LogP contribution >= 0.6 is 0 Å². The van der Waals surface area contributed by atoms with E-state index in [0.29, 0.717) is 17.5 Å². The fraction of sp³-hybridized carbons (Fsp3) is 0.467. The Morgan fingerprint density at radius 1 is 1.12 bits per heavy atom. The summed E-state index contributed by atoms with van der Waals surface area (Å²) in [5.74, 6) is -1.37. The normalized spacial score (nSPS) is 17.7. The number of carbonyl (C=O) groups excluding carboxylic acids is 4. The number of nitrogens with one attached hydrogen (secondary N) is 2. The molecule has 1 aliphatic rings. The monoisotopic (exact) mass is 552 g/mol. The van der Waals surface area contributed by atoms with Crippen LogP contribution in [0.3, 0.4) is 0 Å². The average molecular weight is 553 g/mol. The number of aryl methyl sites for hydroxylation is 1.